The summed E-state index contributed by atoms with van der Waals surface area (Å²) in [4.78, 5) is 2.05. The maximum atomic E-state index is 10.3. The molecule has 0 aliphatic carbocycles. The second kappa shape index (κ2) is 6.44. The fourth-order valence-corrected chi connectivity index (χ4v) is 2.10. The van der Waals surface area contributed by atoms with Crippen molar-refractivity contribution >= 4 is 5.69 Å². The maximum absolute atomic E-state index is 10.3. The molecule has 2 aromatic rings. The lowest BCUT2D eigenvalue weighted by Crippen LogP contribution is -2.24. The summed E-state index contributed by atoms with van der Waals surface area (Å²) in [6, 6.07) is 15.8. The molecule has 1 atom stereocenters. The molecule has 0 radical (unpaired) electrons. The molecule has 1 N–H and O–H groups in total. The van der Waals surface area contributed by atoms with Gasteiger partial charge in [0.25, 0.3) is 0 Å². The Hall–Kier alpha value is -2.00. The molecule has 0 bridgehead atoms. The minimum Gasteiger partial charge on any atom is -0.497 e. The molecule has 106 valence electrons. The normalized spacial score (nSPS) is 12.0. The Labute approximate surface area is 120 Å². The van der Waals surface area contributed by atoms with Crippen LogP contribution in [0.15, 0.2) is 48.5 Å². The van der Waals surface area contributed by atoms with Gasteiger partial charge in [0.15, 0.2) is 0 Å². The molecule has 1 unspecified atom stereocenters. The van der Waals surface area contributed by atoms with E-state index in [4.69, 9.17) is 4.74 Å². The summed E-state index contributed by atoms with van der Waals surface area (Å²) in [5.74, 6) is 0.799. The van der Waals surface area contributed by atoms with Gasteiger partial charge < -0.3 is 14.7 Å². The Morgan fingerprint density at radius 1 is 1.05 bits per heavy atom. The van der Waals surface area contributed by atoms with Crippen LogP contribution < -0.4 is 9.64 Å². The number of aliphatic hydroxyl groups is 1. The summed E-state index contributed by atoms with van der Waals surface area (Å²) >= 11 is 0. The number of ether oxygens (including phenoxy) is 1. The quantitative estimate of drug-likeness (QED) is 0.906. The van der Waals surface area contributed by atoms with Crippen LogP contribution in [0.5, 0.6) is 5.75 Å². The number of likely N-dealkylation sites (N-methyl/N-ethyl adjacent to an activating group) is 1. The highest BCUT2D eigenvalue weighted by atomic mass is 16.5. The Bertz CT molecular complexity index is 534. The number of hydrogen-bond acceptors (Lipinski definition) is 3. The van der Waals surface area contributed by atoms with Crippen LogP contribution in [0.3, 0.4) is 0 Å². The van der Waals surface area contributed by atoms with Crippen LogP contribution in [0.2, 0.25) is 0 Å². The minimum atomic E-state index is -0.521. The van der Waals surface area contributed by atoms with Crippen LogP contribution in [0.4, 0.5) is 5.69 Å². The Balaban J connectivity index is 2.02. The van der Waals surface area contributed by atoms with Crippen LogP contribution in [-0.4, -0.2) is 25.8 Å². The van der Waals surface area contributed by atoms with E-state index < -0.39 is 6.10 Å². The van der Waals surface area contributed by atoms with Gasteiger partial charge in [-0.25, -0.2) is 0 Å². The van der Waals surface area contributed by atoms with Gasteiger partial charge in [0.2, 0.25) is 0 Å². The van der Waals surface area contributed by atoms with E-state index in [0.717, 1.165) is 17.0 Å². The van der Waals surface area contributed by atoms with Crippen LogP contribution in [0.25, 0.3) is 0 Å². The van der Waals surface area contributed by atoms with Crippen LogP contribution >= 0.6 is 0 Å². The zero-order valence-corrected chi connectivity index (χ0v) is 12.2. The fourth-order valence-electron chi connectivity index (χ4n) is 2.10. The van der Waals surface area contributed by atoms with Crippen LogP contribution in [-0.2, 0) is 0 Å². The van der Waals surface area contributed by atoms with Crippen LogP contribution in [0.1, 0.15) is 17.2 Å². The third-order valence-electron chi connectivity index (χ3n) is 3.42. The zero-order valence-electron chi connectivity index (χ0n) is 12.2. The molecule has 0 spiro atoms. The zero-order chi connectivity index (χ0) is 14.5. The predicted molar refractivity (Wildman–Crippen MR) is 82.4 cm³/mol. The van der Waals surface area contributed by atoms with E-state index >= 15 is 0 Å². The summed E-state index contributed by atoms with van der Waals surface area (Å²) in [7, 11) is 3.62. The number of hydrogen-bond donors (Lipinski definition) is 1. The van der Waals surface area contributed by atoms with Crippen molar-refractivity contribution in [2.24, 2.45) is 0 Å². The number of nitrogens with zero attached hydrogens (tertiary/aromatic N) is 1. The van der Waals surface area contributed by atoms with Gasteiger partial charge in [-0.1, -0.05) is 29.8 Å². The van der Waals surface area contributed by atoms with Gasteiger partial charge in [-0.15, -0.1) is 0 Å². The van der Waals surface area contributed by atoms with Crippen molar-refractivity contribution in [2.75, 3.05) is 25.6 Å². The molecule has 3 nitrogen and oxygen atoms in total. The highest BCUT2D eigenvalue weighted by Crippen LogP contribution is 2.21. The van der Waals surface area contributed by atoms with Crippen molar-refractivity contribution in [2.45, 2.75) is 13.0 Å². The van der Waals surface area contributed by atoms with Gasteiger partial charge in [0.05, 0.1) is 13.2 Å². The van der Waals surface area contributed by atoms with Crippen molar-refractivity contribution < 1.29 is 9.84 Å². The first-order chi connectivity index (χ1) is 9.60. The second-order valence-corrected chi connectivity index (χ2v) is 5.01. The van der Waals surface area contributed by atoms with Gasteiger partial charge in [0, 0.05) is 19.3 Å². The smallest absolute Gasteiger partial charge is 0.118 e. The Morgan fingerprint density at radius 3 is 2.20 bits per heavy atom. The molecule has 20 heavy (non-hydrogen) atoms. The number of aliphatic hydroxyl groups excluding tert-OH is 1. The summed E-state index contributed by atoms with van der Waals surface area (Å²) < 4.78 is 5.12. The van der Waals surface area contributed by atoms with E-state index in [0.29, 0.717) is 6.54 Å². The number of methoxy groups -OCH3 is 1. The average molecular weight is 271 g/mol. The number of anilines is 1. The highest BCUT2D eigenvalue weighted by molar-refractivity contribution is 5.47. The van der Waals surface area contributed by atoms with E-state index in [1.165, 1.54) is 5.56 Å². The molecule has 0 saturated carbocycles. The molecular formula is C17H21NO2. The fraction of sp³-hybridized carbons (Fsp3) is 0.294. The maximum Gasteiger partial charge on any atom is 0.118 e. The van der Waals surface area contributed by atoms with Crippen LogP contribution in [0, 0.1) is 6.92 Å². The van der Waals surface area contributed by atoms with Crippen molar-refractivity contribution in [3.63, 3.8) is 0 Å². The van der Waals surface area contributed by atoms with E-state index in [2.05, 4.69) is 31.2 Å². The standard InChI is InChI=1S/C17H21NO2/c1-13-4-8-15(9-5-13)18(2)12-17(19)14-6-10-16(20-3)11-7-14/h4-11,17,19H,12H2,1-3H3. The molecule has 3 heteroatoms. The van der Waals surface area contributed by atoms with Gasteiger partial charge >= 0.3 is 0 Å². The van der Waals surface area contributed by atoms with Crippen molar-refractivity contribution in [3.8, 4) is 5.75 Å². The third kappa shape index (κ3) is 3.52. The Kier molecular flexibility index (Phi) is 4.64. The van der Waals surface area contributed by atoms with E-state index in [-0.39, 0.29) is 0 Å². The van der Waals surface area contributed by atoms with Crippen molar-refractivity contribution in [3.05, 3.63) is 59.7 Å². The summed E-state index contributed by atoms with van der Waals surface area (Å²) in [5, 5.41) is 10.3. The predicted octanol–water partition coefficient (Wildman–Crippen LogP) is 3.17. The monoisotopic (exact) mass is 271 g/mol. The molecule has 0 heterocycles. The summed E-state index contributed by atoms with van der Waals surface area (Å²) in [6.45, 7) is 2.62. The van der Waals surface area contributed by atoms with Crippen molar-refractivity contribution in [1.29, 1.82) is 0 Å². The molecule has 0 amide bonds. The second-order valence-electron chi connectivity index (χ2n) is 5.01. The Morgan fingerprint density at radius 2 is 1.65 bits per heavy atom. The first kappa shape index (κ1) is 14.4. The molecule has 2 aromatic carbocycles. The number of benzene rings is 2. The minimum absolute atomic E-state index is 0.521. The van der Waals surface area contributed by atoms with E-state index in [1.807, 2.05) is 36.2 Å². The van der Waals surface area contributed by atoms with Crippen molar-refractivity contribution in [1.82, 2.24) is 0 Å². The largest absolute Gasteiger partial charge is 0.497 e. The molecule has 0 saturated heterocycles. The number of aryl methyl sites for hydroxylation is 1. The first-order valence-electron chi connectivity index (χ1n) is 6.70. The summed E-state index contributed by atoms with van der Waals surface area (Å²) in [6.07, 6.45) is -0.521. The lowest BCUT2D eigenvalue weighted by molar-refractivity contribution is 0.185. The highest BCUT2D eigenvalue weighted by Gasteiger charge is 2.11. The SMILES string of the molecule is COc1ccc(C(O)CN(C)c2ccc(C)cc2)cc1. The molecular weight excluding hydrogens is 250 g/mol. The number of rotatable bonds is 5. The van der Waals surface area contributed by atoms with E-state index in [9.17, 15) is 5.11 Å². The van der Waals surface area contributed by atoms with Gasteiger partial charge in [-0.3, -0.25) is 0 Å². The molecule has 2 rings (SSSR count). The summed E-state index contributed by atoms with van der Waals surface area (Å²) in [5.41, 5.74) is 3.23. The lowest BCUT2D eigenvalue weighted by Gasteiger charge is -2.23. The topological polar surface area (TPSA) is 32.7 Å². The first-order valence-corrected chi connectivity index (χ1v) is 6.70. The lowest BCUT2D eigenvalue weighted by atomic mass is 10.1. The molecule has 0 fully saturated rings. The molecule has 0 aliphatic heterocycles. The van der Waals surface area contributed by atoms with Gasteiger partial charge in [0.1, 0.15) is 5.75 Å². The average Bonchev–Trinajstić information content (AvgIpc) is 2.48. The third-order valence-corrected chi connectivity index (χ3v) is 3.42. The van der Waals surface area contributed by atoms with Gasteiger partial charge in [-0.05, 0) is 36.8 Å². The molecule has 0 aliphatic rings. The van der Waals surface area contributed by atoms with E-state index in [1.54, 1.807) is 7.11 Å². The molecule has 0 aromatic heterocycles. The van der Waals surface area contributed by atoms with Gasteiger partial charge in [-0.2, -0.15) is 0 Å².